The number of benzene rings is 1. The first kappa shape index (κ1) is 13.9. The summed E-state index contributed by atoms with van der Waals surface area (Å²) in [7, 11) is 0. The van der Waals surface area contributed by atoms with Crippen molar-refractivity contribution >= 4 is 21.6 Å². The van der Waals surface area contributed by atoms with Gasteiger partial charge in [0.2, 0.25) is 0 Å². The predicted molar refractivity (Wildman–Crippen MR) is 86.8 cm³/mol. The molecular weight excluding hydrogens is 330 g/mol. The molecule has 21 heavy (non-hydrogen) atoms. The number of furan rings is 1. The lowest BCUT2D eigenvalue weighted by Crippen LogP contribution is -2.00. The summed E-state index contributed by atoms with van der Waals surface area (Å²) in [5, 5.41) is 4.50. The monoisotopic (exact) mass is 345 g/mol. The third-order valence-electron chi connectivity index (χ3n) is 3.29. The lowest BCUT2D eigenvalue weighted by atomic mass is 10.1. The number of nitrogens with two attached hydrogens (primary N) is 1. The van der Waals surface area contributed by atoms with Gasteiger partial charge in [0.1, 0.15) is 0 Å². The molecule has 0 saturated carbocycles. The third kappa shape index (κ3) is 3.36. The quantitative estimate of drug-likeness (QED) is 0.756. The van der Waals surface area contributed by atoms with Gasteiger partial charge in [-0.15, -0.1) is 0 Å². The first-order valence-corrected chi connectivity index (χ1v) is 7.64. The number of anilines is 1. The molecule has 0 fully saturated rings. The van der Waals surface area contributed by atoms with Gasteiger partial charge < -0.3 is 10.2 Å². The van der Waals surface area contributed by atoms with Crippen molar-refractivity contribution in [1.82, 2.24) is 9.78 Å². The molecule has 0 bridgehead atoms. The van der Waals surface area contributed by atoms with Gasteiger partial charge in [0, 0.05) is 12.7 Å². The van der Waals surface area contributed by atoms with Crippen molar-refractivity contribution in [2.24, 2.45) is 0 Å². The van der Waals surface area contributed by atoms with E-state index < -0.39 is 0 Å². The van der Waals surface area contributed by atoms with Crippen molar-refractivity contribution in [2.45, 2.75) is 19.4 Å². The fourth-order valence-corrected chi connectivity index (χ4v) is 2.58. The summed E-state index contributed by atoms with van der Waals surface area (Å²) in [5.74, 6) is 0.682. The molecule has 0 saturated heterocycles. The van der Waals surface area contributed by atoms with Crippen LogP contribution in [0.3, 0.4) is 0 Å². The van der Waals surface area contributed by atoms with Crippen LogP contribution in [0.4, 0.5) is 5.69 Å². The summed E-state index contributed by atoms with van der Waals surface area (Å²) in [6.45, 7) is 0.834. The Kier molecular flexibility index (Phi) is 4.10. The van der Waals surface area contributed by atoms with E-state index in [1.165, 1.54) is 5.56 Å². The number of nitrogen functional groups attached to an aromatic ring is 1. The molecule has 5 heteroatoms. The molecule has 0 atom stereocenters. The standard InChI is InChI=1S/C16H16BrN3O/c17-15-9-8-14(21-15)16-13(18)11-20(19-16)10-4-7-12-5-2-1-3-6-12/h1-3,5-6,8-9,11H,4,7,10,18H2. The van der Waals surface area contributed by atoms with E-state index in [2.05, 4.69) is 45.3 Å². The summed E-state index contributed by atoms with van der Waals surface area (Å²) in [4.78, 5) is 0. The molecule has 0 aliphatic heterocycles. The Morgan fingerprint density at radius 1 is 1.14 bits per heavy atom. The molecule has 2 N–H and O–H groups in total. The summed E-state index contributed by atoms with van der Waals surface area (Å²) < 4.78 is 8.05. The summed E-state index contributed by atoms with van der Waals surface area (Å²) in [6.07, 6.45) is 3.91. The zero-order valence-corrected chi connectivity index (χ0v) is 13.1. The number of aromatic nitrogens is 2. The number of nitrogens with zero attached hydrogens (tertiary/aromatic N) is 2. The maximum absolute atomic E-state index is 6.01. The van der Waals surface area contributed by atoms with Gasteiger partial charge in [0.25, 0.3) is 0 Å². The highest BCUT2D eigenvalue weighted by Crippen LogP contribution is 2.28. The van der Waals surface area contributed by atoms with Crippen LogP contribution in [0.5, 0.6) is 0 Å². The van der Waals surface area contributed by atoms with Crippen LogP contribution in [0.1, 0.15) is 12.0 Å². The van der Waals surface area contributed by atoms with Gasteiger partial charge in [-0.2, -0.15) is 5.10 Å². The van der Waals surface area contributed by atoms with Crippen LogP contribution in [0.2, 0.25) is 0 Å². The van der Waals surface area contributed by atoms with Crippen LogP contribution in [0, 0.1) is 0 Å². The molecule has 0 amide bonds. The highest BCUT2D eigenvalue weighted by atomic mass is 79.9. The minimum atomic E-state index is 0.636. The van der Waals surface area contributed by atoms with Crippen molar-refractivity contribution in [3.63, 3.8) is 0 Å². The van der Waals surface area contributed by atoms with Crippen molar-refractivity contribution < 1.29 is 4.42 Å². The number of aryl methyl sites for hydroxylation is 2. The fraction of sp³-hybridized carbons (Fsp3) is 0.188. The molecule has 0 spiro atoms. The van der Waals surface area contributed by atoms with Crippen LogP contribution in [0.25, 0.3) is 11.5 Å². The molecule has 0 unspecified atom stereocenters. The Labute approximate surface area is 131 Å². The van der Waals surface area contributed by atoms with E-state index in [4.69, 9.17) is 10.2 Å². The maximum atomic E-state index is 6.01. The number of halogens is 1. The van der Waals surface area contributed by atoms with E-state index >= 15 is 0 Å². The molecule has 0 radical (unpaired) electrons. The van der Waals surface area contributed by atoms with E-state index in [-0.39, 0.29) is 0 Å². The summed E-state index contributed by atoms with van der Waals surface area (Å²) in [5.41, 5.74) is 8.68. The molecular formula is C16H16BrN3O. The van der Waals surface area contributed by atoms with Crippen molar-refractivity contribution in [3.8, 4) is 11.5 Å². The number of rotatable bonds is 5. The Balaban J connectivity index is 1.64. The van der Waals surface area contributed by atoms with Gasteiger partial charge in [0.15, 0.2) is 16.1 Å². The van der Waals surface area contributed by atoms with Crippen LogP contribution in [0.15, 0.2) is 57.7 Å². The molecule has 3 aromatic rings. The zero-order valence-electron chi connectivity index (χ0n) is 11.5. The average Bonchev–Trinajstić information content (AvgIpc) is 3.06. The molecule has 2 aromatic heterocycles. The SMILES string of the molecule is Nc1cn(CCCc2ccccc2)nc1-c1ccc(Br)o1. The lowest BCUT2D eigenvalue weighted by molar-refractivity contribution is 0.545. The van der Waals surface area contributed by atoms with Gasteiger partial charge in [-0.3, -0.25) is 4.68 Å². The fourth-order valence-electron chi connectivity index (χ4n) is 2.27. The van der Waals surface area contributed by atoms with E-state index in [0.29, 0.717) is 21.8 Å². The minimum absolute atomic E-state index is 0.636. The normalized spacial score (nSPS) is 10.9. The second kappa shape index (κ2) is 6.18. The predicted octanol–water partition coefficient (Wildman–Crippen LogP) is 4.12. The van der Waals surface area contributed by atoms with Crippen molar-refractivity contribution in [1.29, 1.82) is 0 Å². The first-order chi connectivity index (χ1) is 10.2. The largest absolute Gasteiger partial charge is 0.448 e. The molecule has 2 heterocycles. The van der Waals surface area contributed by atoms with Gasteiger partial charge in [-0.05, 0) is 46.5 Å². The third-order valence-corrected chi connectivity index (χ3v) is 3.72. The molecule has 1 aromatic carbocycles. The van der Waals surface area contributed by atoms with Crippen LogP contribution >= 0.6 is 15.9 Å². The van der Waals surface area contributed by atoms with Gasteiger partial charge >= 0.3 is 0 Å². The molecule has 0 aliphatic carbocycles. The van der Waals surface area contributed by atoms with Gasteiger partial charge in [-0.25, -0.2) is 0 Å². The Morgan fingerprint density at radius 3 is 2.67 bits per heavy atom. The summed E-state index contributed by atoms with van der Waals surface area (Å²) in [6, 6.07) is 14.1. The lowest BCUT2D eigenvalue weighted by Gasteiger charge is -2.02. The first-order valence-electron chi connectivity index (χ1n) is 6.85. The van der Waals surface area contributed by atoms with Crippen molar-refractivity contribution in [2.75, 3.05) is 5.73 Å². The van der Waals surface area contributed by atoms with Crippen molar-refractivity contribution in [3.05, 3.63) is 58.9 Å². The smallest absolute Gasteiger partial charge is 0.169 e. The molecule has 3 rings (SSSR count). The van der Waals surface area contributed by atoms with Crippen LogP contribution < -0.4 is 5.73 Å². The van der Waals surface area contributed by atoms with E-state index in [0.717, 1.165) is 19.4 Å². The maximum Gasteiger partial charge on any atom is 0.169 e. The minimum Gasteiger partial charge on any atom is -0.448 e. The zero-order chi connectivity index (χ0) is 14.7. The molecule has 108 valence electrons. The number of hydrogen-bond donors (Lipinski definition) is 1. The van der Waals surface area contributed by atoms with E-state index in [9.17, 15) is 0 Å². The van der Waals surface area contributed by atoms with Gasteiger partial charge in [0.05, 0.1) is 5.69 Å². The Hall–Kier alpha value is -2.01. The van der Waals surface area contributed by atoms with Gasteiger partial charge in [-0.1, -0.05) is 30.3 Å². The average molecular weight is 346 g/mol. The molecule has 4 nitrogen and oxygen atoms in total. The Bertz CT molecular complexity index is 718. The topological polar surface area (TPSA) is 57.0 Å². The van der Waals surface area contributed by atoms with Crippen LogP contribution in [-0.2, 0) is 13.0 Å². The van der Waals surface area contributed by atoms with E-state index in [1.807, 2.05) is 29.1 Å². The molecule has 0 aliphatic rings. The second-order valence-electron chi connectivity index (χ2n) is 4.89. The highest BCUT2D eigenvalue weighted by Gasteiger charge is 2.12. The number of hydrogen-bond acceptors (Lipinski definition) is 3. The highest BCUT2D eigenvalue weighted by molar-refractivity contribution is 9.10. The summed E-state index contributed by atoms with van der Waals surface area (Å²) >= 11 is 3.29. The second-order valence-corrected chi connectivity index (χ2v) is 5.67. The van der Waals surface area contributed by atoms with E-state index in [1.54, 1.807) is 0 Å². The Morgan fingerprint density at radius 2 is 1.95 bits per heavy atom. The van der Waals surface area contributed by atoms with Crippen LogP contribution in [-0.4, -0.2) is 9.78 Å².